The standard InChI is InChI=1S/C19H30N4O3S.ClH/c1-15-3-4-16(2)18(13-15)27(25,26)21-7-5-19(24)23-10-6-17(14-23)22-11-8-20-9-12-22;/h3-4,13,17,20-21H,5-12,14H2,1-2H3;1H. The highest BCUT2D eigenvalue weighted by Crippen LogP contribution is 2.18. The topological polar surface area (TPSA) is 81.8 Å². The second-order valence-corrected chi connectivity index (χ2v) is 9.22. The van der Waals surface area contributed by atoms with Crippen molar-refractivity contribution in [2.75, 3.05) is 45.8 Å². The van der Waals surface area contributed by atoms with Crippen LogP contribution in [0, 0.1) is 13.8 Å². The Morgan fingerprint density at radius 1 is 1.21 bits per heavy atom. The summed E-state index contributed by atoms with van der Waals surface area (Å²) in [5.74, 6) is 0.0244. The quantitative estimate of drug-likeness (QED) is 0.700. The van der Waals surface area contributed by atoms with Crippen molar-refractivity contribution in [1.82, 2.24) is 19.8 Å². The number of piperazine rings is 1. The minimum atomic E-state index is -3.60. The number of hydrogen-bond donors (Lipinski definition) is 2. The van der Waals surface area contributed by atoms with Crippen molar-refractivity contribution in [3.8, 4) is 0 Å². The third kappa shape index (κ3) is 5.67. The van der Waals surface area contributed by atoms with Gasteiger partial charge in [0.05, 0.1) is 4.90 Å². The lowest BCUT2D eigenvalue weighted by Gasteiger charge is -2.32. The van der Waals surface area contributed by atoms with Gasteiger partial charge in [-0.1, -0.05) is 12.1 Å². The van der Waals surface area contributed by atoms with Crippen LogP contribution in [0.4, 0.5) is 0 Å². The van der Waals surface area contributed by atoms with Gasteiger partial charge in [0.15, 0.2) is 0 Å². The first kappa shape index (κ1) is 23.1. The van der Waals surface area contributed by atoms with E-state index in [0.717, 1.165) is 51.3 Å². The van der Waals surface area contributed by atoms with Crippen LogP contribution in [0.2, 0.25) is 0 Å². The summed E-state index contributed by atoms with van der Waals surface area (Å²) in [4.78, 5) is 17.1. The van der Waals surface area contributed by atoms with Crippen molar-refractivity contribution in [2.24, 2.45) is 0 Å². The molecule has 1 aromatic carbocycles. The first-order chi connectivity index (χ1) is 12.9. The maximum absolute atomic E-state index is 12.5. The van der Waals surface area contributed by atoms with Gasteiger partial charge < -0.3 is 10.2 Å². The third-order valence-electron chi connectivity index (χ3n) is 5.45. The molecule has 1 amide bonds. The molecule has 1 unspecified atom stereocenters. The smallest absolute Gasteiger partial charge is 0.240 e. The Hall–Kier alpha value is -1.19. The monoisotopic (exact) mass is 430 g/mol. The fourth-order valence-corrected chi connectivity index (χ4v) is 5.20. The molecule has 2 heterocycles. The zero-order valence-corrected chi connectivity index (χ0v) is 18.2. The molecule has 0 spiro atoms. The summed E-state index contributed by atoms with van der Waals surface area (Å²) in [5, 5.41) is 3.35. The second-order valence-electron chi connectivity index (χ2n) is 7.48. The number of rotatable bonds is 6. The molecule has 3 rings (SSSR count). The zero-order valence-electron chi connectivity index (χ0n) is 16.6. The third-order valence-corrected chi connectivity index (χ3v) is 7.05. The van der Waals surface area contributed by atoms with Crippen molar-refractivity contribution < 1.29 is 13.2 Å². The van der Waals surface area contributed by atoms with E-state index in [4.69, 9.17) is 0 Å². The van der Waals surface area contributed by atoms with E-state index in [1.807, 2.05) is 17.9 Å². The number of hydrogen-bond acceptors (Lipinski definition) is 5. The van der Waals surface area contributed by atoms with Gasteiger partial charge in [-0.05, 0) is 37.5 Å². The number of aryl methyl sites for hydroxylation is 2. The summed E-state index contributed by atoms with van der Waals surface area (Å²) in [7, 11) is -3.60. The summed E-state index contributed by atoms with van der Waals surface area (Å²) in [6.07, 6.45) is 1.19. The van der Waals surface area contributed by atoms with Gasteiger partial charge in [-0.3, -0.25) is 9.69 Å². The van der Waals surface area contributed by atoms with E-state index in [1.54, 1.807) is 19.1 Å². The molecule has 0 saturated carbocycles. The number of carbonyl (C=O) groups excluding carboxylic acids is 1. The number of benzene rings is 1. The largest absolute Gasteiger partial charge is 0.341 e. The molecule has 1 atom stereocenters. The lowest BCUT2D eigenvalue weighted by molar-refractivity contribution is -0.130. The number of likely N-dealkylation sites (tertiary alicyclic amines) is 1. The van der Waals surface area contributed by atoms with E-state index in [9.17, 15) is 13.2 Å². The van der Waals surface area contributed by atoms with E-state index in [0.29, 0.717) is 11.6 Å². The predicted octanol–water partition coefficient (Wildman–Crippen LogP) is 0.900. The molecular formula is C19H31ClN4O3S. The van der Waals surface area contributed by atoms with Crippen molar-refractivity contribution in [1.29, 1.82) is 0 Å². The summed E-state index contributed by atoms with van der Waals surface area (Å²) < 4.78 is 27.6. The lowest BCUT2D eigenvalue weighted by atomic mass is 10.2. The molecule has 0 aliphatic carbocycles. The molecule has 0 aromatic heterocycles. The van der Waals surface area contributed by atoms with Gasteiger partial charge in [-0.2, -0.15) is 0 Å². The minimum Gasteiger partial charge on any atom is -0.341 e. The van der Waals surface area contributed by atoms with E-state index in [2.05, 4.69) is 14.9 Å². The van der Waals surface area contributed by atoms with E-state index >= 15 is 0 Å². The highest BCUT2D eigenvalue weighted by Gasteiger charge is 2.30. The molecule has 28 heavy (non-hydrogen) atoms. The van der Waals surface area contributed by atoms with Crippen LogP contribution in [0.5, 0.6) is 0 Å². The van der Waals surface area contributed by atoms with Crippen LogP contribution in [0.3, 0.4) is 0 Å². The normalized spacial score (nSPS) is 20.8. The van der Waals surface area contributed by atoms with Gasteiger partial charge in [-0.25, -0.2) is 13.1 Å². The average Bonchev–Trinajstić information content (AvgIpc) is 3.14. The predicted molar refractivity (Wildman–Crippen MR) is 112 cm³/mol. The number of sulfonamides is 1. The van der Waals surface area contributed by atoms with Gasteiger partial charge >= 0.3 is 0 Å². The molecule has 2 aliphatic rings. The first-order valence-electron chi connectivity index (χ1n) is 9.66. The van der Waals surface area contributed by atoms with Gasteiger partial charge in [0.2, 0.25) is 15.9 Å². The SMILES string of the molecule is Cc1ccc(C)c(S(=O)(=O)NCCC(=O)N2CCC(N3CCNCC3)C2)c1.Cl. The number of nitrogens with one attached hydrogen (secondary N) is 2. The molecule has 2 saturated heterocycles. The van der Waals surface area contributed by atoms with Gasteiger partial charge in [-0.15, -0.1) is 12.4 Å². The van der Waals surface area contributed by atoms with Gasteiger partial charge in [0.1, 0.15) is 0 Å². The molecular weight excluding hydrogens is 400 g/mol. The fraction of sp³-hybridized carbons (Fsp3) is 0.632. The number of carbonyl (C=O) groups is 1. The summed E-state index contributed by atoms with van der Waals surface area (Å²) in [6.45, 7) is 9.35. The number of nitrogens with zero attached hydrogens (tertiary/aromatic N) is 2. The Labute approximate surface area is 174 Å². The Morgan fingerprint density at radius 2 is 1.93 bits per heavy atom. The van der Waals surface area contributed by atoms with E-state index in [-0.39, 0.29) is 36.2 Å². The van der Waals surface area contributed by atoms with Gasteiger partial charge in [0, 0.05) is 58.3 Å². The number of amides is 1. The molecule has 0 bridgehead atoms. The Balaban J connectivity index is 0.00000280. The molecule has 1 aromatic rings. The van der Waals surface area contributed by atoms with E-state index < -0.39 is 10.0 Å². The fourth-order valence-electron chi connectivity index (χ4n) is 3.84. The molecule has 7 nitrogen and oxygen atoms in total. The van der Waals surface area contributed by atoms with Crippen LogP contribution >= 0.6 is 12.4 Å². The highest BCUT2D eigenvalue weighted by molar-refractivity contribution is 7.89. The zero-order chi connectivity index (χ0) is 19.4. The lowest BCUT2D eigenvalue weighted by Crippen LogP contribution is -2.49. The molecule has 2 N–H and O–H groups in total. The van der Waals surface area contributed by atoms with E-state index in [1.165, 1.54) is 0 Å². The average molecular weight is 431 g/mol. The van der Waals surface area contributed by atoms with Crippen LogP contribution < -0.4 is 10.0 Å². The molecule has 2 fully saturated rings. The van der Waals surface area contributed by atoms with Crippen molar-refractivity contribution in [2.45, 2.75) is 37.6 Å². The van der Waals surface area contributed by atoms with Crippen LogP contribution in [0.15, 0.2) is 23.1 Å². The van der Waals surface area contributed by atoms with Crippen LogP contribution in [-0.2, 0) is 14.8 Å². The Kier molecular flexibility index (Phi) is 8.27. The Morgan fingerprint density at radius 3 is 2.64 bits per heavy atom. The highest BCUT2D eigenvalue weighted by atomic mass is 35.5. The molecule has 0 radical (unpaired) electrons. The summed E-state index contributed by atoms with van der Waals surface area (Å²) in [5.41, 5.74) is 1.60. The maximum atomic E-state index is 12.5. The number of halogens is 1. The van der Waals surface area contributed by atoms with Crippen molar-refractivity contribution in [3.05, 3.63) is 29.3 Å². The van der Waals surface area contributed by atoms with Gasteiger partial charge in [0.25, 0.3) is 0 Å². The molecule has 2 aliphatic heterocycles. The van der Waals surface area contributed by atoms with Crippen LogP contribution in [-0.4, -0.2) is 76.0 Å². The van der Waals surface area contributed by atoms with Crippen molar-refractivity contribution >= 4 is 28.3 Å². The van der Waals surface area contributed by atoms with Crippen LogP contribution in [0.1, 0.15) is 24.0 Å². The first-order valence-corrected chi connectivity index (χ1v) is 11.1. The van der Waals surface area contributed by atoms with Crippen molar-refractivity contribution in [3.63, 3.8) is 0 Å². The molecule has 9 heteroatoms. The minimum absolute atomic E-state index is 0. The second kappa shape index (κ2) is 10.0. The molecule has 158 valence electrons. The summed E-state index contributed by atoms with van der Waals surface area (Å²) in [6, 6.07) is 5.79. The maximum Gasteiger partial charge on any atom is 0.240 e. The van der Waals surface area contributed by atoms with Crippen LogP contribution in [0.25, 0.3) is 0 Å². The summed E-state index contributed by atoms with van der Waals surface area (Å²) >= 11 is 0. The Bertz CT molecular complexity index is 781.